The van der Waals surface area contributed by atoms with Gasteiger partial charge in [-0.15, -0.1) is 0 Å². The first-order chi connectivity index (χ1) is 18.5. The van der Waals surface area contributed by atoms with Gasteiger partial charge in [0.2, 0.25) is 0 Å². The van der Waals surface area contributed by atoms with E-state index in [1.165, 1.54) is 18.5 Å². The topological polar surface area (TPSA) is 85.0 Å². The highest BCUT2D eigenvalue weighted by Crippen LogP contribution is 2.30. The van der Waals surface area contributed by atoms with Crippen molar-refractivity contribution in [2.75, 3.05) is 43.5 Å². The number of nitrogens with one attached hydrogen (secondary N) is 1. The molecule has 1 aromatic carbocycles. The maximum atomic E-state index is 14.4. The molecule has 4 aromatic rings. The smallest absolute Gasteiger partial charge is 0.386 e. The molecule has 0 bridgehead atoms. The van der Waals surface area contributed by atoms with Gasteiger partial charge in [0.15, 0.2) is 9.84 Å². The molecule has 5 rings (SSSR count). The average Bonchev–Trinajstić information content (AvgIpc) is 3.48. The van der Waals surface area contributed by atoms with Crippen LogP contribution in [-0.4, -0.2) is 77.0 Å². The van der Waals surface area contributed by atoms with Gasteiger partial charge in [0.1, 0.15) is 18.0 Å². The lowest BCUT2D eigenvalue weighted by Gasteiger charge is -2.26. The molecule has 0 aliphatic carbocycles. The van der Waals surface area contributed by atoms with Crippen molar-refractivity contribution in [3.63, 3.8) is 0 Å². The zero-order valence-electron chi connectivity index (χ0n) is 21.2. The second-order valence-electron chi connectivity index (χ2n) is 9.64. The number of hydrogen-bond acceptors (Lipinski definition) is 6. The van der Waals surface area contributed by atoms with Gasteiger partial charge >= 0.3 is 6.18 Å². The Labute approximate surface area is 223 Å². The Hall–Kier alpha value is -3.45. The average molecular weight is 565 g/mol. The summed E-state index contributed by atoms with van der Waals surface area (Å²) in [5, 5.41) is 7.49. The number of rotatable bonds is 8. The van der Waals surface area contributed by atoms with Gasteiger partial charge in [-0.3, -0.25) is 9.25 Å². The summed E-state index contributed by atoms with van der Waals surface area (Å²) in [5.41, 5.74) is 3.35. The van der Waals surface area contributed by atoms with Gasteiger partial charge in [0.05, 0.1) is 34.8 Å². The predicted molar refractivity (Wildman–Crippen MR) is 141 cm³/mol. The van der Waals surface area contributed by atoms with Gasteiger partial charge in [-0.1, -0.05) is 6.07 Å². The fourth-order valence-corrected chi connectivity index (χ4v) is 6.09. The number of hydrogen-bond donors (Lipinski definition) is 1. The van der Waals surface area contributed by atoms with E-state index in [-0.39, 0.29) is 11.5 Å². The Balaban J connectivity index is 1.46. The summed E-state index contributed by atoms with van der Waals surface area (Å²) in [6.45, 7) is 0.543. The predicted octanol–water partition coefficient (Wildman–Crippen LogP) is 4.30. The van der Waals surface area contributed by atoms with E-state index in [1.807, 2.05) is 12.3 Å². The molecule has 1 N–H and O–H groups in total. The zero-order chi connectivity index (χ0) is 27.8. The summed E-state index contributed by atoms with van der Waals surface area (Å²) in [6, 6.07) is 8.44. The number of sulfone groups is 1. The van der Waals surface area contributed by atoms with Crippen molar-refractivity contribution in [3.05, 3.63) is 60.3 Å². The van der Waals surface area contributed by atoms with Crippen LogP contribution in [0.15, 0.2) is 48.9 Å². The fourth-order valence-electron chi connectivity index (χ4n) is 4.82. The van der Waals surface area contributed by atoms with Gasteiger partial charge in [-0.05, 0) is 49.2 Å². The minimum atomic E-state index is -4.41. The molecule has 39 heavy (non-hydrogen) atoms. The minimum absolute atomic E-state index is 0.164. The first-order valence-corrected chi connectivity index (χ1v) is 14.3. The summed E-state index contributed by atoms with van der Waals surface area (Å²) < 4.78 is 79.1. The third-order valence-electron chi connectivity index (χ3n) is 6.86. The normalized spacial score (nSPS) is 16.1. The Morgan fingerprint density at radius 3 is 2.54 bits per heavy atom. The van der Waals surface area contributed by atoms with E-state index in [9.17, 15) is 26.0 Å². The largest absolute Gasteiger partial charge is 0.408 e. The van der Waals surface area contributed by atoms with Crippen LogP contribution in [0.3, 0.4) is 0 Å². The quantitative estimate of drug-likeness (QED) is 0.322. The Bertz CT molecular complexity index is 1580. The van der Waals surface area contributed by atoms with Crippen molar-refractivity contribution in [1.82, 2.24) is 24.2 Å². The molecule has 1 fully saturated rings. The third kappa shape index (κ3) is 6.25. The first-order valence-electron chi connectivity index (χ1n) is 12.5. The molecule has 8 nitrogen and oxygen atoms in total. The van der Waals surface area contributed by atoms with Crippen LogP contribution >= 0.6 is 0 Å². The van der Waals surface area contributed by atoms with Gasteiger partial charge in [-0.25, -0.2) is 17.8 Å². The lowest BCUT2D eigenvalue weighted by molar-refractivity contribution is -0.142. The van der Waals surface area contributed by atoms with Crippen molar-refractivity contribution >= 4 is 26.6 Å². The van der Waals surface area contributed by atoms with E-state index in [1.54, 1.807) is 29.8 Å². The second kappa shape index (κ2) is 10.6. The van der Waals surface area contributed by atoms with Crippen LogP contribution in [0.5, 0.6) is 0 Å². The van der Waals surface area contributed by atoms with Crippen LogP contribution in [0.4, 0.5) is 23.2 Å². The lowest BCUT2D eigenvalue weighted by Crippen LogP contribution is -2.40. The molecule has 4 heterocycles. The van der Waals surface area contributed by atoms with Crippen LogP contribution < -0.4 is 5.32 Å². The number of halogens is 4. The summed E-state index contributed by atoms with van der Waals surface area (Å²) in [6.07, 6.45) is 1.55. The van der Waals surface area contributed by atoms with Crippen molar-refractivity contribution in [2.24, 2.45) is 0 Å². The van der Waals surface area contributed by atoms with Gasteiger partial charge in [-0.2, -0.15) is 18.3 Å². The van der Waals surface area contributed by atoms with Crippen LogP contribution in [0.1, 0.15) is 12.0 Å². The zero-order valence-corrected chi connectivity index (χ0v) is 22.1. The number of fused-ring (bicyclic) bond motifs is 1. The van der Waals surface area contributed by atoms with Gasteiger partial charge in [0.25, 0.3) is 0 Å². The maximum Gasteiger partial charge on any atom is 0.408 e. The summed E-state index contributed by atoms with van der Waals surface area (Å²) in [7, 11) is -1.32. The highest BCUT2D eigenvalue weighted by molar-refractivity contribution is 7.91. The third-order valence-corrected chi connectivity index (χ3v) is 8.47. The highest BCUT2D eigenvalue weighted by atomic mass is 32.2. The minimum Gasteiger partial charge on any atom is -0.386 e. The van der Waals surface area contributed by atoms with Crippen LogP contribution in [-0.2, 0) is 22.8 Å². The SMILES string of the molecule is CNc1ccc(-c2ccc3c(CCCN4CCS(=O)(=O)CC4)cn(-c4cnn(CC(F)(F)F)c4)c3n2)cc1F. The number of nitrogens with zero attached hydrogens (tertiary/aromatic N) is 5. The molecule has 0 spiro atoms. The van der Waals surface area contributed by atoms with Gasteiger partial charge in [0, 0.05) is 43.5 Å². The second-order valence-corrected chi connectivity index (χ2v) is 11.9. The number of alkyl halides is 3. The van der Waals surface area contributed by atoms with E-state index in [0.717, 1.165) is 28.6 Å². The van der Waals surface area contributed by atoms with Crippen molar-refractivity contribution in [2.45, 2.75) is 25.6 Å². The lowest BCUT2D eigenvalue weighted by atomic mass is 10.1. The molecule has 1 aliphatic heterocycles. The van der Waals surface area contributed by atoms with Crippen molar-refractivity contribution in [1.29, 1.82) is 0 Å². The summed E-state index contributed by atoms with van der Waals surface area (Å²) in [5.74, 6) is -0.0972. The highest BCUT2D eigenvalue weighted by Gasteiger charge is 2.28. The number of aromatic nitrogens is 4. The van der Waals surface area contributed by atoms with E-state index in [4.69, 9.17) is 4.98 Å². The monoisotopic (exact) mass is 564 g/mol. The van der Waals surface area contributed by atoms with Crippen LogP contribution in [0, 0.1) is 5.82 Å². The molecule has 1 aliphatic rings. The standard InChI is InChI=1S/C26H28F4N6O2S/c1-31-24-6-4-18(13-22(24)27)23-7-5-21-19(3-2-8-34-9-11-39(37,38)12-10-34)15-36(25(21)33-23)20-14-32-35(16-20)17-26(28,29)30/h4-7,13-16,31H,2-3,8-12,17H2,1H3. The Morgan fingerprint density at radius 2 is 1.85 bits per heavy atom. The van der Waals surface area contributed by atoms with E-state index in [2.05, 4.69) is 15.3 Å². The Kier molecular flexibility index (Phi) is 7.38. The number of pyridine rings is 1. The number of aryl methyl sites for hydroxylation is 1. The molecule has 0 saturated carbocycles. The maximum absolute atomic E-state index is 14.4. The van der Waals surface area contributed by atoms with Gasteiger partial charge < -0.3 is 10.2 Å². The molecule has 3 aromatic heterocycles. The molecule has 0 atom stereocenters. The van der Waals surface area contributed by atoms with Crippen molar-refractivity contribution < 1.29 is 26.0 Å². The summed E-state index contributed by atoms with van der Waals surface area (Å²) in [4.78, 5) is 6.90. The molecule has 13 heteroatoms. The van der Waals surface area contributed by atoms with Crippen LogP contribution in [0.2, 0.25) is 0 Å². The summed E-state index contributed by atoms with van der Waals surface area (Å²) >= 11 is 0. The van der Waals surface area contributed by atoms with E-state index < -0.39 is 28.4 Å². The number of benzene rings is 1. The molecule has 0 unspecified atom stereocenters. The molecular weight excluding hydrogens is 536 g/mol. The van der Waals surface area contributed by atoms with E-state index >= 15 is 0 Å². The van der Waals surface area contributed by atoms with Crippen LogP contribution in [0.25, 0.3) is 28.0 Å². The molecule has 0 amide bonds. The molecule has 1 saturated heterocycles. The molecule has 0 radical (unpaired) electrons. The fraction of sp³-hybridized carbons (Fsp3) is 0.385. The van der Waals surface area contributed by atoms with Crippen molar-refractivity contribution in [3.8, 4) is 16.9 Å². The molecule has 208 valence electrons. The van der Waals surface area contributed by atoms with E-state index in [0.29, 0.717) is 47.8 Å². The molecular formula is C26H28F4N6O2S. The number of anilines is 1. The Morgan fingerprint density at radius 1 is 1.08 bits per heavy atom. The first kappa shape index (κ1) is 27.1.